The summed E-state index contributed by atoms with van der Waals surface area (Å²) in [6.45, 7) is 0.0836. The zero-order valence-corrected chi connectivity index (χ0v) is 11.9. The van der Waals surface area contributed by atoms with Crippen molar-refractivity contribution in [3.05, 3.63) is 30.3 Å². The maximum atomic E-state index is 11.8. The van der Waals surface area contributed by atoms with E-state index >= 15 is 0 Å². The minimum Gasteiger partial charge on any atom is -0.484 e. The van der Waals surface area contributed by atoms with Crippen molar-refractivity contribution in [2.45, 2.75) is 36.6 Å². The Morgan fingerprint density at radius 2 is 2.00 bits per heavy atom. The Hall–Kier alpha value is -1.03. The molecule has 0 bridgehead atoms. The number of nitrogens with one attached hydrogen (secondary N) is 1. The van der Waals surface area contributed by atoms with E-state index in [0.717, 1.165) is 18.6 Å². The van der Waals surface area contributed by atoms with Crippen molar-refractivity contribution >= 4 is 21.8 Å². The highest BCUT2D eigenvalue weighted by Gasteiger charge is 2.24. The van der Waals surface area contributed by atoms with Crippen LogP contribution in [0.15, 0.2) is 30.3 Å². The van der Waals surface area contributed by atoms with Gasteiger partial charge in [0.25, 0.3) is 5.91 Å². The van der Waals surface area contributed by atoms with E-state index in [1.165, 1.54) is 12.8 Å². The Morgan fingerprint density at radius 1 is 1.28 bits per heavy atom. The number of hydrogen-bond donors (Lipinski definition) is 1. The molecule has 1 aromatic rings. The molecule has 2 unspecified atom stereocenters. The minimum absolute atomic E-state index is 0.0461. The predicted octanol–water partition coefficient (Wildman–Crippen LogP) is 2.89. The zero-order valence-electron chi connectivity index (χ0n) is 10.3. The number of carbonyl (C=O) groups excluding carboxylic acids is 1. The van der Waals surface area contributed by atoms with Gasteiger partial charge >= 0.3 is 0 Å². The number of halogens is 1. The number of rotatable bonds is 4. The van der Waals surface area contributed by atoms with Crippen LogP contribution < -0.4 is 10.1 Å². The molecule has 1 aromatic carbocycles. The summed E-state index contributed by atoms with van der Waals surface area (Å²) in [5.41, 5.74) is 0. The van der Waals surface area contributed by atoms with Gasteiger partial charge in [-0.1, -0.05) is 47.0 Å². The lowest BCUT2D eigenvalue weighted by molar-refractivity contribution is -0.123. The number of hydrogen-bond acceptors (Lipinski definition) is 2. The van der Waals surface area contributed by atoms with Crippen LogP contribution in [0.2, 0.25) is 0 Å². The first-order chi connectivity index (χ1) is 8.75. The lowest BCUT2D eigenvalue weighted by Gasteiger charge is -2.28. The van der Waals surface area contributed by atoms with Crippen molar-refractivity contribution in [2.75, 3.05) is 6.61 Å². The molecular formula is C14H18BrNO2. The van der Waals surface area contributed by atoms with Crippen molar-refractivity contribution in [2.24, 2.45) is 0 Å². The molecule has 3 nitrogen and oxygen atoms in total. The van der Waals surface area contributed by atoms with Gasteiger partial charge in [-0.3, -0.25) is 4.79 Å². The van der Waals surface area contributed by atoms with Gasteiger partial charge in [-0.2, -0.15) is 0 Å². The molecule has 2 atom stereocenters. The number of para-hydroxylation sites is 1. The summed E-state index contributed by atoms with van der Waals surface area (Å²) >= 11 is 3.62. The Bertz CT molecular complexity index is 383. The van der Waals surface area contributed by atoms with Gasteiger partial charge in [-0.15, -0.1) is 0 Å². The monoisotopic (exact) mass is 311 g/mol. The molecule has 98 valence electrons. The van der Waals surface area contributed by atoms with Crippen LogP contribution in [0.25, 0.3) is 0 Å². The van der Waals surface area contributed by atoms with Crippen LogP contribution in [-0.4, -0.2) is 23.4 Å². The predicted molar refractivity (Wildman–Crippen MR) is 75.1 cm³/mol. The summed E-state index contributed by atoms with van der Waals surface area (Å²) in [6, 6.07) is 9.64. The van der Waals surface area contributed by atoms with Gasteiger partial charge in [0, 0.05) is 10.9 Å². The fraction of sp³-hybridized carbons (Fsp3) is 0.500. The number of ether oxygens (including phenoxy) is 1. The third kappa shape index (κ3) is 4.02. The molecule has 0 heterocycles. The molecular weight excluding hydrogens is 294 g/mol. The van der Waals surface area contributed by atoms with Crippen LogP contribution in [0, 0.1) is 0 Å². The van der Waals surface area contributed by atoms with E-state index in [4.69, 9.17) is 4.74 Å². The Labute approximate surface area is 116 Å². The molecule has 1 amide bonds. The molecule has 1 aliphatic rings. The first-order valence-corrected chi connectivity index (χ1v) is 7.28. The second-order valence-corrected chi connectivity index (χ2v) is 5.75. The van der Waals surface area contributed by atoms with E-state index in [0.29, 0.717) is 4.83 Å². The van der Waals surface area contributed by atoms with E-state index in [2.05, 4.69) is 21.2 Å². The molecule has 0 aromatic heterocycles. The lowest BCUT2D eigenvalue weighted by atomic mass is 9.95. The minimum atomic E-state index is -0.0461. The van der Waals surface area contributed by atoms with Crippen molar-refractivity contribution in [3.8, 4) is 5.75 Å². The van der Waals surface area contributed by atoms with Crippen LogP contribution >= 0.6 is 15.9 Å². The van der Waals surface area contributed by atoms with E-state index in [1.807, 2.05) is 30.3 Å². The van der Waals surface area contributed by atoms with E-state index in [-0.39, 0.29) is 18.6 Å². The zero-order chi connectivity index (χ0) is 12.8. The topological polar surface area (TPSA) is 38.3 Å². The molecule has 0 saturated heterocycles. The normalized spacial score (nSPS) is 23.4. The van der Waals surface area contributed by atoms with Gasteiger partial charge in [0.05, 0.1) is 0 Å². The SMILES string of the molecule is O=C(COc1ccccc1)NC1CCCCC1Br. The fourth-order valence-corrected chi connectivity index (χ4v) is 2.88. The molecule has 0 spiro atoms. The quantitative estimate of drug-likeness (QED) is 0.868. The van der Waals surface area contributed by atoms with Crippen molar-refractivity contribution in [1.82, 2.24) is 5.32 Å². The summed E-state index contributed by atoms with van der Waals surface area (Å²) < 4.78 is 5.42. The summed E-state index contributed by atoms with van der Waals surface area (Å²) in [5.74, 6) is 0.682. The standard InChI is InChI=1S/C14H18BrNO2/c15-12-8-4-5-9-13(12)16-14(17)10-18-11-6-2-1-3-7-11/h1-3,6-7,12-13H,4-5,8-10H2,(H,16,17). The largest absolute Gasteiger partial charge is 0.484 e. The molecule has 1 fully saturated rings. The highest BCUT2D eigenvalue weighted by atomic mass is 79.9. The molecule has 0 radical (unpaired) electrons. The van der Waals surface area contributed by atoms with Gasteiger partial charge in [-0.25, -0.2) is 0 Å². The molecule has 0 aliphatic heterocycles. The Balaban J connectivity index is 1.75. The second kappa shape index (κ2) is 6.78. The molecule has 1 N–H and O–H groups in total. The third-order valence-corrected chi connectivity index (χ3v) is 4.24. The van der Waals surface area contributed by atoms with Gasteiger partial charge in [0.2, 0.25) is 0 Å². The maximum Gasteiger partial charge on any atom is 0.258 e. The fourth-order valence-electron chi connectivity index (χ4n) is 2.16. The first kappa shape index (κ1) is 13.4. The summed E-state index contributed by atoms with van der Waals surface area (Å²) in [7, 11) is 0. The van der Waals surface area contributed by atoms with E-state index in [9.17, 15) is 4.79 Å². The van der Waals surface area contributed by atoms with Crippen LogP contribution in [0.3, 0.4) is 0 Å². The number of alkyl halides is 1. The van der Waals surface area contributed by atoms with Crippen molar-refractivity contribution in [1.29, 1.82) is 0 Å². The number of amides is 1. The van der Waals surface area contributed by atoms with Gasteiger partial charge in [0.1, 0.15) is 5.75 Å². The van der Waals surface area contributed by atoms with Gasteiger partial charge in [0.15, 0.2) is 6.61 Å². The number of benzene rings is 1. The van der Waals surface area contributed by atoms with E-state index in [1.54, 1.807) is 0 Å². The van der Waals surface area contributed by atoms with Crippen LogP contribution in [0.4, 0.5) is 0 Å². The third-order valence-electron chi connectivity index (χ3n) is 3.14. The second-order valence-electron chi connectivity index (χ2n) is 4.58. The van der Waals surface area contributed by atoms with Crippen molar-refractivity contribution < 1.29 is 9.53 Å². The summed E-state index contributed by atoms with van der Waals surface area (Å²) in [4.78, 5) is 12.2. The Kier molecular flexibility index (Phi) is 5.05. The molecule has 18 heavy (non-hydrogen) atoms. The van der Waals surface area contributed by atoms with Gasteiger partial charge < -0.3 is 10.1 Å². The highest BCUT2D eigenvalue weighted by Crippen LogP contribution is 2.24. The first-order valence-electron chi connectivity index (χ1n) is 6.37. The average Bonchev–Trinajstić information content (AvgIpc) is 2.40. The highest BCUT2D eigenvalue weighted by molar-refractivity contribution is 9.09. The average molecular weight is 312 g/mol. The van der Waals surface area contributed by atoms with Crippen molar-refractivity contribution in [3.63, 3.8) is 0 Å². The maximum absolute atomic E-state index is 11.8. The van der Waals surface area contributed by atoms with Crippen LogP contribution in [0.1, 0.15) is 25.7 Å². The molecule has 4 heteroatoms. The number of carbonyl (C=O) groups is 1. The summed E-state index contributed by atoms with van der Waals surface area (Å²) in [5, 5.41) is 3.03. The van der Waals surface area contributed by atoms with Crippen LogP contribution in [-0.2, 0) is 4.79 Å². The Morgan fingerprint density at radius 3 is 2.72 bits per heavy atom. The summed E-state index contributed by atoms with van der Waals surface area (Å²) in [6.07, 6.45) is 4.60. The smallest absolute Gasteiger partial charge is 0.258 e. The van der Waals surface area contributed by atoms with Crippen LogP contribution in [0.5, 0.6) is 5.75 Å². The molecule has 1 saturated carbocycles. The van der Waals surface area contributed by atoms with Gasteiger partial charge in [-0.05, 0) is 25.0 Å². The van der Waals surface area contributed by atoms with E-state index < -0.39 is 0 Å². The lowest BCUT2D eigenvalue weighted by Crippen LogP contribution is -2.44. The molecule has 2 rings (SSSR count). The molecule has 1 aliphatic carbocycles.